The molecule has 0 radical (unpaired) electrons. The molecule has 4 rings (SSSR count). The molecule has 17 heavy (non-hydrogen) atoms. The van der Waals surface area contributed by atoms with E-state index in [9.17, 15) is 5.11 Å². The molecular formula is C16H22O. The minimum absolute atomic E-state index is 0.123. The van der Waals surface area contributed by atoms with Gasteiger partial charge in [-0.1, -0.05) is 25.2 Å². The summed E-state index contributed by atoms with van der Waals surface area (Å²) in [6.07, 6.45) is 12.3. The van der Waals surface area contributed by atoms with Crippen LogP contribution in [0.5, 0.6) is 0 Å². The lowest BCUT2D eigenvalue weighted by atomic mass is 9.62. The lowest BCUT2D eigenvalue weighted by Gasteiger charge is -2.45. The Balaban J connectivity index is 1.79. The van der Waals surface area contributed by atoms with Crippen molar-refractivity contribution in [3.8, 4) is 0 Å². The molecule has 3 fully saturated rings. The molecule has 0 bridgehead atoms. The summed E-state index contributed by atoms with van der Waals surface area (Å²) in [7, 11) is 0. The number of hydrogen-bond donors (Lipinski definition) is 1. The number of rotatable bonds is 3. The van der Waals surface area contributed by atoms with Crippen molar-refractivity contribution in [3.05, 3.63) is 24.8 Å². The summed E-state index contributed by atoms with van der Waals surface area (Å²) in [5.74, 6) is 2.42. The van der Waals surface area contributed by atoms with Crippen LogP contribution in [-0.2, 0) is 0 Å². The van der Waals surface area contributed by atoms with Crippen LogP contribution in [0.3, 0.4) is 0 Å². The minimum Gasteiger partial charge on any atom is -0.389 e. The predicted octanol–water partition coefficient (Wildman–Crippen LogP) is 3.31. The Morgan fingerprint density at radius 1 is 1.53 bits per heavy atom. The van der Waals surface area contributed by atoms with Crippen LogP contribution in [-0.4, -0.2) is 10.7 Å². The second-order valence-electron chi connectivity index (χ2n) is 6.97. The molecule has 1 N–H and O–H groups in total. The molecule has 0 aromatic carbocycles. The Labute approximate surface area is 104 Å². The third kappa shape index (κ3) is 0.817. The van der Waals surface area contributed by atoms with Gasteiger partial charge in [-0.2, -0.15) is 0 Å². The summed E-state index contributed by atoms with van der Waals surface area (Å²) in [6.45, 7) is 6.25. The zero-order chi connectivity index (χ0) is 11.9. The highest BCUT2D eigenvalue weighted by molar-refractivity contribution is 5.43. The Morgan fingerprint density at radius 3 is 3.12 bits per heavy atom. The third-order valence-corrected chi connectivity index (χ3v) is 6.87. The first kappa shape index (κ1) is 10.4. The maximum atomic E-state index is 11.2. The topological polar surface area (TPSA) is 20.2 Å². The van der Waals surface area contributed by atoms with E-state index in [1.807, 2.05) is 6.08 Å². The maximum Gasteiger partial charge on any atom is 0.0749 e. The van der Waals surface area contributed by atoms with E-state index in [4.69, 9.17) is 0 Å². The fourth-order valence-corrected chi connectivity index (χ4v) is 6.12. The van der Waals surface area contributed by atoms with Gasteiger partial charge in [0.1, 0.15) is 0 Å². The molecule has 0 aliphatic heterocycles. The van der Waals surface area contributed by atoms with Crippen LogP contribution in [0.15, 0.2) is 24.8 Å². The summed E-state index contributed by atoms with van der Waals surface area (Å²) in [4.78, 5) is 0. The van der Waals surface area contributed by atoms with Gasteiger partial charge < -0.3 is 5.11 Å². The van der Waals surface area contributed by atoms with Gasteiger partial charge in [-0.25, -0.2) is 0 Å². The third-order valence-electron chi connectivity index (χ3n) is 6.87. The molecule has 0 saturated heterocycles. The van der Waals surface area contributed by atoms with Crippen LogP contribution >= 0.6 is 0 Å². The summed E-state index contributed by atoms with van der Waals surface area (Å²) in [6, 6.07) is 0. The van der Waals surface area contributed by atoms with Crippen molar-refractivity contribution < 1.29 is 5.11 Å². The monoisotopic (exact) mass is 230 g/mol. The van der Waals surface area contributed by atoms with Gasteiger partial charge in [0.05, 0.1) is 5.60 Å². The zero-order valence-corrected chi connectivity index (χ0v) is 10.7. The average Bonchev–Trinajstić information content (AvgIpc) is 2.53. The van der Waals surface area contributed by atoms with Crippen LogP contribution in [0.25, 0.3) is 0 Å². The molecule has 1 heteroatoms. The van der Waals surface area contributed by atoms with Crippen molar-refractivity contribution in [2.45, 2.75) is 44.6 Å². The van der Waals surface area contributed by atoms with Crippen LogP contribution < -0.4 is 0 Å². The van der Waals surface area contributed by atoms with Crippen molar-refractivity contribution in [1.82, 2.24) is 0 Å². The molecule has 4 aliphatic carbocycles. The van der Waals surface area contributed by atoms with Crippen molar-refractivity contribution >= 4 is 0 Å². The fraction of sp³-hybridized carbons (Fsp3) is 0.750. The molecule has 0 aromatic heterocycles. The molecule has 0 heterocycles. The SMILES string of the molecule is C=CCC[C@@]1(O)CC[C@@H]2C[C@H]3[C@H]4C=C[C@]21[C@]43C. The van der Waals surface area contributed by atoms with Crippen LogP contribution in [0.1, 0.15) is 39.0 Å². The minimum atomic E-state index is -0.447. The van der Waals surface area contributed by atoms with E-state index in [2.05, 4.69) is 25.7 Å². The summed E-state index contributed by atoms with van der Waals surface area (Å²) in [5.41, 5.74) is 0.0829. The quantitative estimate of drug-likeness (QED) is 0.737. The molecule has 0 aromatic rings. The van der Waals surface area contributed by atoms with E-state index < -0.39 is 5.60 Å². The van der Waals surface area contributed by atoms with Gasteiger partial charge in [0.25, 0.3) is 0 Å². The molecule has 92 valence electrons. The summed E-state index contributed by atoms with van der Waals surface area (Å²) < 4.78 is 0. The second-order valence-corrected chi connectivity index (χ2v) is 6.97. The van der Waals surface area contributed by atoms with E-state index >= 15 is 0 Å². The molecule has 6 atom stereocenters. The number of allylic oxidation sites excluding steroid dienone is 2. The van der Waals surface area contributed by atoms with Crippen LogP contribution in [0.4, 0.5) is 0 Å². The van der Waals surface area contributed by atoms with E-state index in [0.29, 0.717) is 5.41 Å². The van der Waals surface area contributed by atoms with Gasteiger partial charge in [0.15, 0.2) is 0 Å². The maximum absolute atomic E-state index is 11.2. The van der Waals surface area contributed by atoms with Crippen LogP contribution in [0.2, 0.25) is 0 Å². The van der Waals surface area contributed by atoms with Gasteiger partial charge >= 0.3 is 0 Å². The largest absolute Gasteiger partial charge is 0.389 e. The molecule has 4 aliphatic rings. The smallest absolute Gasteiger partial charge is 0.0749 e. The van der Waals surface area contributed by atoms with Crippen molar-refractivity contribution in [3.63, 3.8) is 0 Å². The van der Waals surface area contributed by atoms with Crippen LogP contribution in [0, 0.1) is 28.6 Å². The number of fused-ring (bicyclic) bond motifs is 1. The fourth-order valence-electron chi connectivity index (χ4n) is 6.12. The molecule has 0 amide bonds. The highest BCUT2D eigenvalue weighted by Crippen LogP contribution is 2.87. The molecule has 1 spiro atoms. The van der Waals surface area contributed by atoms with Crippen molar-refractivity contribution in [2.75, 3.05) is 0 Å². The van der Waals surface area contributed by atoms with Crippen molar-refractivity contribution in [1.29, 1.82) is 0 Å². The lowest BCUT2D eigenvalue weighted by molar-refractivity contribution is -0.0800. The van der Waals surface area contributed by atoms with Gasteiger partial charge in [-0.05, 0) is 55.3 Å². The van der Waals surface area contributed by atoms with Gasteiger partial charge in [0, 0.05) is 5.41 Å². The van der Waals surface area contributed by atoms with Crippen molar-refractivity contribution in [2.24, 2.45) is 28.6 Å². The Morgan fingerprint density at radius 2 is 2.35 bits per heavy atom. The number of hydrogen-bond acceptors (Lipinski definition) is 1. The molecule has 0 unspecified atom stereocenters. The molecule has 1 nitrogen and oxygen atoms in total. The first-order chi connectivity index (χ1) is 8.10. The summed E-state index contributed by atoms with van der Waals surface area (Å²) in [5, 5.41) is 11.2. The van der Waals surface area contributed by atoms with E-state index in [1.54, 1.807) is 0 Å². The highest BCUT2D eigenvalue weighted by atomic mass is 16.3. The van der Waals surface area contributed by atoms with Gasteiger partial charge in [-0.3, -0.25) is 0 Å². The molecule has 3 saturated carbocycles. The van der Waals surface area contributed by atoms with Gasteiger partial charge in [-0.15, -0.1) is 6.58 Å². The first-order valence-electron chi connectivity index (χ1n) is 7.13. The Kier molecular flexibility index (Phi) is 1.66. The van der Waals surface area contributed by atoms with Gasteiger partial charge in [0.2, 0.25) is 0 Å². The first-order valence-corrected chi connectivity index (χ1v) is 7.13. The number of aliphatic hydroxyl groups is 1. The highest BCUT2D eigenvalue weighted by Gasteiger charge is 2.84. The Hall–Kier alpha value is -0.560. The van der Waals surface area contributed by atoms with E-state index in [1.165, 1.54) is 12.8 Å². The second kappa shape index (κ2) is 2.71. The average molecular weight is 230 g/mol. The van der Waals surface area contributed by atoms with E-state index in [-0.39, 0.29) is 5.41 Å². The Bertz CT molecular complexity index is 425. The van der Waals surface area contributed by atoms with E-state index in [0.717, 1.165) is 37.0 Å². The normalized spacial score (nSPS) is 61.4. The predicted molar refractivity (Wildman–Crippen MR) is 68.4 cm³/mol. The standard InChI is InChI=1S/C16H22O/c1-3-4-7-15(17)8-5-11-10-13-12-6-9-16(11,15)14(12,13)2/h3,6,9,11-13,17H,1,4-5,7-8,10H2,2H3/t11-,12-,13+,14-,15-,16-/m1/s1. The lowest BCUT2D eigenvalue weighted by Crippen LogP contribution is -2.48. The summed E-state index contributed by atoms with van der Waals surface area (Å²) >= 11 is 0. The molecular weight excluding hydrogens is 208 g/mol. The zero-order valence-electron chi connectivity index (χ0n) is 10.7.